The van der Waals surface area contributed by atoms with Crippen molar-refractivity contribution in [1.82, 2.24) is 9.47 Å². The van der Waals surface area contributed by atoms with Gasteiger partial charge < -0.3 is 13.9 Å². The lowest BCUT2D eigenvalue weighted by atomic mass is 9.65. The van der Waals surface area contributed by atoms with Gasteiger partial charge >= 0.3 is 0 Å². The molecule has 2 aromatic heterocycles. The Morgan fingerprint density at radius 1 is 1.27 bits per heavy atom. The summed E-state index contributed by atoms with van der Waals surface area (Å²) >= 11 is 0. The summed E-state index contributed by atoms with van der Waals surface area (Å²) in [5, 5.41) is 0. The van der Waals surface area contributed by atoms with Crippen molar-refractivity contribution in [1.29, 1.82) is 0 Å². The van der Waals surface area contributed by atoms with Crippen molar-refractivity contribution >= 4 is 17.0 Å². The molecule has 4 nitrogen and oxygen atoms in total. The maximum Gasteiger partial charge on any atom is 0.270 e. The molecule has 2 atom stereocenters. The molecule has 3 aliphatic rings. The second-order valence-corrected chi connectivity index (χ2v) is 10.3. The van der Waals surface area contributed by atoms with Crippen molar-refractivity contribution in [3.8, 4) is 0 Å². The monoisotopic (exact) mass is 354 g/mol. The van der Waals surface area contributed by atoms with Crippen LogP contribution in [0.25, 0.3) is 11.1 Å². The zero-order chi connectivity index (χ0) is 18.1. The highest BCUT2D eigenvalue weighted by molar-refractivity contribution is 5.98. The van der Waals surface area contributed by atoms with Gasteiger partial charge in [-0.25, -0.2) is 0 Å². The van der Waals surface area contributed by atoms with Crippen molar-refractivity contribution in [2.45, 2.75) is 71.9 Å². The van der Waals surface area contributed by atoms with Crippen LogP contribution in [-0.2, 0) is 6.54 Å². The molecule has 0 spiro atoms. The molecule has 4 heteroatoms. The fourth-order valence-electron chi connectivity index (χ4n) is 6.13. The van der Waals surface area contributed by atoms with E-state index in [0.29, 0.717) is 17.4 Å². The van der Waals surface area contributed by atoms with E-state index in [2.05, 4.69) is 30.2 Å². The first-order valence-electron chi connectivity index (χ1n) is 10.2. The molecule has 0 unspecified atom stereocenters. The third kappa shape index (κ3) is 2.52. The van der Waals surface area contributed by atoms with Gasteiger partial charge in [0.1, 0.15) is 5.69 Å². The summed E-state index contributed by atoms with van der Waals surface area (Å²) in [6, 6.07) is 4.37. The van der Waals surface area contributed by atoms with Gasteiger partial charge in [0.15, 0.2) is 5.58 Å². The Morgan fingerprint density at radius 3 is 2.81 bits per heavy atom. The minimum atomic E-state index is 0.210. The number of carbonyl (C=O) groups excluding carboxylic acids is 1. The van der Waals surface area contributed by atoms with Crippen molar-refractivity contribution < 1.29 is 9.21 Å². The lowest BCUT2D eigenvalue weighted by Crippen LogP contribution is -2.38. The van der Waals surface area contributed by atoms with E-state index in [1.807, 2.05) is 12.1 Å². The molecule has 0 N–H and O–H groups in total. The maximum absolute atomic E-state index is 13.6. The van der Waals surface area contributed by atoms with Crippen LogP contribution in [0.4, 0.5) is 0 Å². The van der Waals surface area contributed by atoms with Crippen LogP contribution in [0.3, 0.4) is 0 Å². The Morgan fingerprint density at radius 2 is 2.08 bits per heavy atom. The molecule has 3 fully saturated rings. The third-order valence-electron chi connectivity index (χ3n) is 7.08. The number of aromatic nitrogens is 1. The Labute approximate surface area is 155 Å². The zero-order valence-corrected chi connectivity index (χ0v) is 16.3. The Hall–Kier alpha value is -1.71. The quantitative estimate of drug-likeness (QED) is 0.771. The molecule has 1 saturated heterocycles. The molecule has 0 radical (unpaired) electrons. The van der Waals surface area contributed by atoms with E-state index in [1.54, 1.807) is 6.26 Å². The highest BCUT2D eigenvalue weighted by atomic mass is 16.3. The standard InChI is InChI=1S/C22H30N2O2/c1-21(2)10-16-11-22(3,13-21)14-24(16)20(25)18-9-19-17(7-8-26-19)23(18)12-15-5-4-6-15/h7-9,15-16H,4-6,10-14H2,1-3H3/t16-,22-/m1/s1. The topological polar surface area (TPSA) is 38.4 Å². The molecule has 2 aliphatic carbocycles. The zero-order valence-electron chi connectivity index (χ0n) is 16.3. The van der Waals surface area contributed by atoms with Gasteiger partial charge in [-0.15, -0.1) is 0 Å². The van der Waals surface area contributed by atoms with Crippen LogP contribution in [0.2, 0.25) is 0 Å². The molecule has 5 rings (SSSR count). The Kier molecular flexibility index (Phi) is 3.42. The van der Waals surface area contributed by atoms with Gasteiger partial charge in [0, 0.05) is 31.3 Å². The normalized spacial score (nSPS) is 30.7. The summed E-state index contributed by atoms with van der Waals surface area (Å²) in [6.07, 6.45) is 9.11. The van der Waals surface area contributed by atoms with Gasteiger partial charge in [-0.05, 0) is 48.9 Å². The fourth-order valence-corrected chi connectivity index (χ4v) is 6.13. The number of carbonyl (C=O) groups is 1. The van der Waals surface area contributed by atoms with Crippen molar-refractivity contribution in [2.75, 3.05) is 6.54 Å². The Bertz CT molecular complexity index is 857. The molecule has 2 bridgehead atoms. The first kappa shape index (κ1) is 16.5. The first-order valence-corrected chi connectivity index (χ1v) is 10.2. The van der Waals surface area contributed by atoms with E-state index in [1.165, 1.54) is 25.7 Å². The number of fused-ring (bicyclic) bond motifs is 3. The van der Waals surface area contributed by atoms with Gasteiger partial charge in [0.2, 0.25) is 0 Å². The molecule has 1 amide bonds. The second-order valence-electron chi connectivity index (χ2n) is 10.3. The molecule has 0 aromatic carbocycles. The van der Waals surface area contributed by atoms with Gasteiger partial charge in [-0.3, -0.25) is 4.79 Å². The average molecular weight is 354 g/mol. The smallest absolute Gasteiger partial charge is 0.270 e. The summed E-state index contributed by atoms with van der Waals surface area (Å²) in [5.74, 6) is 0.920. The number of furan rings is 1. The number of amides is 1. The van der Waals surface area contributed by atoms with E-state index >= 15 is 0 Å². The summed E-state index contributed by atoms with van der Waals surface area (Å²) in [6.45, 7) is 8.93. The fraction of sp³-hybridized carbons (Fsp3) is 0.682. The Balaban J connectivity index is 1.49. The van der Waals surface area contributed by atoms with E-state index in [4.69, 9.17) is 4.42 Å². The van der Waals surface area contributed by atoms with Crippen LogP contribution >= 0.6 is 0 Å². The van der Waals surface area contributed by atoms with Crippen LogP contribution in [-0.4, -0.2) is 28.0 Å². The highest BCUT2D eigenvalue weighted by Gasteiger charge is 2.51. The molecule has 26 heavy (non-hydrogen) atoms. The highest BCUT2D eigenvalue weighted by Crippen LogP contribution is 2.52. The molecule has 1 aliphatic heterocycles. The minimum absolute atomic E-state index is 0.210. The van der Waals surface area contributed by atoms with Crippen molar-refractivity contribution in [2.24, 2.45) is 16.7 Å². The lowest BCUT2D eigenvalue weighted by molar-refractivity contribution is 0.0695. The molecule has 140 valence electrons. The third-order valence-corrected chi connectivity index (χ3v) is 7.08. The number of hydrogen-bond donors (Lipinski definition) is 0. The summed E-state index contributed by atoms with van der Waals surface area (Å²) < 4.78 is 7.87. The van der Waals surface area contributed by atoms with E-state index in [0.717, 1.165) is 42.7 Å². The molecule has 2 saturated carbocycles. The number of likely N-dealkylation sites (tertiary alicyclic amines) is 1. The van der Waals surface area contributed by atoms with Crippen molar-refractivity contribution in [3.05, 3.63) is 24.1 Å². The van der Waals surface area contributed by atoms with E-state index < -0.39 is 0 Å². The predicted molar refractivity (Wildman–Crippen MR) is 102 cm³/mol. The van der Waals surface area contributed by atoms with Crippen LogP contribution < -0.4 is 0 Å². The number of rotatable bonds is 3. The average Bonchev–Trinajstić information content (AvgIpc) is 3.13. The van der Waals surface area contributed by atoms with Crippen molar-refractivity contribution in [3.63, 3.8) is 0 Å². The first-order chi connectivity index (χ1) is 12.3. The van der Waals surface area contributed by atoms with Gasteiger partial charge in [0.05, 0.1) is 11.8 Å². The maximum atomic E-state index is 13.6. The van der Waals surface area contributed by atoms with Gasteiger partial charge in [0.25, 0.3) is 5.91 Å². The minimum Gasteiger partial charge on any atom is -0.463 e. The SMILES string of the molecule is CC1(C)C[C@@H]2C[C@@](C)(CN2C(=O)c2cc3occc3n2CC2CCC2)C1. The second kappa shape index (κ2) is 5.40. The lowest BCUT2D eigenvalue weighted by Gasteiger charge is -2.39. The molecular formula is C22H30N2O2. The van der Waals surface area contributed by atoms with Gasteiger partial charge in [-0.1, -0.05) is 27.2 Å². The predicted octanol–water partition coefficient (Wildman–Crippen LogP) is 5.08. The van der Waals surface area contributed by atoms with Crippen LogP contribution in [0.5, 0.6) is 0 Å². The van der Waals surface area contributed by atoms with Crippen LogP contribution in [0, 0.1) is 16.7 Å². The summed E-state index contributed by atoms with van der Waals surface area (Å²) in [5.41, 5.74) is 3.36. The molecular weight excluding hydrogens is 324 g/mol. The molecule has 3 heterocycles. The number of nitrogens with zero attached hydrogens (tertiary/aromatic N) is 2. The van der Waals surface area contributed by atoms with E-state index in [9.17, 15) is 4.79 Å². The number of hydrogen-bond acceptors (Lipinski definition) is 2. The molecule has 2 aromatic rings. The van der Waals surface area contributed by atoms with Gasteiger partial charge in [-0.2, -0.15) is 0 Å². The summed E-state index contributed by atoms with van der Waals surface area (Å²) in [7, 11) is 0. The van der Waals surface area contributed by atoms with E-state index in [-0.39, 0.29) is 11.3 Å². The van der Waals surface area contributed by atoms with Crippen LogP contribution in [0.1, 0.15) is 69.8 Å². The summed E-state index contributed by atoms with van der Waals surface area (Å²) in [4.78, 5) is 15.8. The van der Waals surface area contributed by atoms with Crippen LogP contribution in [0.15, 0.2) is 22.8 Å². The largest absolute Gasteiger partial charge is 0.463 e.